The summed E-state index contributed by atoms with van der Waals surface area (Å²) in [5.74, 6) is 0.179. The Balaban J connectivity index is 1.45. The molecule has 2 aliphatic heterocycles. The van der Waals surface area contributed by atoms with Gasteiger partial charge in [-0.1, -0.05) is 0 Å². The van der Waals surface area contributed by atoms with Crippen molar-refractivity contribution < 1.29 is 23.4 Å². The lowest BCUT2D eigenvalue weighted by Crippen LogP contribution is -2.52. The van der Waals surface area contributed by atoms with Gasteiger partial charge in [-0.15, -0.1) is 0 Å². The van der Waals surface area contributed by atoms with Gasteiger partial charge in [0, 0.05) is 32.7 Å². The van der Waals surface area contributed by atoms with Crippen LogP contribution in [0.25, 0.3) is 11.2 Å². The topological polar surface area (TPSA) is 172 Å². The summed E-state index contributed by atoms with van der Waals surface area (Å²) >= 11 is 0. The van der Waals surface area contributed by atoms with Crippen molar-refractivity contribution in [3.63, 3.8) is 0 Å². The number of nitrogen functional groups attached to an aromatic ring is 1. The van der Waals surface area contributed by atoms with Crippen LogP contribution < -0.4 is 10.5 Å². The second-order valence-electron chi connectivity index (χ2n) is 7.19. The standard InChI is InChI=1S/C15H24N8O5S/c1-21-2-4-22(5-3-21)29(26,27)20-6-9-11(24)12(25)15(28-9)23-8-19-10-13(16)17-7-18-14(10)23/h7-9,11-12,15,20,24-25H,2-6H2,1H3,(H2,16,17,18)/t9-,11-,12-,15-/m1/s1. The molecule has 0 saturated carbocycles. The first-order chi connectivity index (χ1) is 13.8. The van der Waals surface area contributed by atoms with Gasteiger partial charge < -0.3 is 25.6 Å². The minimum Gasteiger partial charge on any atom is -0.387 e. The van der Waals surface area contributed by atoms with E-state index >= 15 is 0 Å². The van der Waals surface area contributed by atoms with E-state index in [-0.39, 0.29) is 12.4 Å². The third-order valence-electron chi connectivity index (χ3n) is 5.27. The fourth-order valence-electron chi connectivity index (χ4n) is 3.49. The number of piperazine rings is 1. The molecule has 5 N–H and O–H groups in total. The van der Waals surface area contributed by atoms with E-state index in [1.807, 2.05) is 11.9 Å². The summed E-state index contributed by atoms with van der Waals surface area (Å²) in [7, 11) is -1.79. The molecular weight excluding hydrogens is 404 g/mol. The predicted molar refractivity (Wildman–Crippen MR) is 102 cm³/mol. The van der Waals surface area contributed by atoms with Crippen molar-refractivity contribution in [3.05, 3.63) is 12.7 Å². The Hall–Kier alpha value is -1.94. The molecule has 0 aliphatic carbocycles. The number of imidazole rings is 1. The molecule has 0 amide bonds. The SMILES string of the molecule is CN1CCN(S(=O)(=O)NC[C@H]2O[C@@H](n3cnc4c(N)ncnc43)[C@H](O)[C@@H]2O)CC1. The number of aliphatic hydroxyl groups excluding tert-OH is 2. The number of anilines is 1. The molecule has 2 fully saturated rings. The first-order valence-corrected chi connectivity index (χ1v) is 10.6. The van der Waals surface area contributed by atoms with Gasteiger partial charge in [0.15, 0.2) is 17.7 Å². The smallest absolute Gasteiger partial charge is 0.279 e. The summed E-state index contributed by atoms with van der Waals surface area (Å²) in [6.07, 6.45) is -1.91. The van der Waals surface area contributed by atoms with Crippen LogP contribution in [0, 0.1) is 0 Å². The normalized spacial score (nSPS) is 29.6. The third kappa shape index (κ3) is 3.79. The van der Waals surface area contributed by atoms with Gasteiger partial charge in [0.25, 0.3) is 10.2 Å². The lowest BCUT2D eigenvalue weighted by molar-refractivity contribution is -0.0330. The zero-order chi connectivity index (χ0) is 20.8. The minimum absolute atomic E-state index is 0.179. The Morgan fingerprint density at radius 3 is 2.66 bits per heavy atom. The van der Waals surface area contributed by atoms with Crippen molar-refractivity contribution >= 4 is 27.2 Å². The van der Waals surface area contributed by atoms with Crippen LogP contribution in [0.2, 0.25) is 0 Å². The average molecular weight is 428 g/mol. The van der Waals surface area contributed by atoms with Gasteiger partial charge in [0.05, 0.1) is 6.33 Å². The van der Waals surface area contributed by atoms with Crippen LogP contribution in [0.15, 0.2) is 12.7 Å². The molecule has 2 aromatic heterocycles. The first-order valence-electron chi connectivity index (χ1n) is 9.16. The summed E-state index contributed by atoms with van der Waals surface area (Å²) < 4.78 is 36.0. The molecule has 160 valence electrons. The molecule has 0 bridgehead atoms. The maximum Gasteiger partial charge on any atom is 0.279 e. The number of hydrogen-bond acceptors (Lipinski definition) is 10. The van der Waals surface area contributed by atoms with Crippen LogP contribution in [-0.4, -0.2) is 105 Å². The van der Waals surface area contributed by atoms with E-state index in [0.717, 1.165) is 0 Å². The molecule has 4 rings (SSSR count). The van der Waals surface area contributed by atoms with Crippen LogP contribution in [-0.2, 0) is 14.9 Å². The van der Waals surface area contributed by atoms with E-state index in [9.17, 15) is 18.6 Å². The molecule has 13 nitrogen and oxygen atoms in total. The molecule has 0 unspecified atom stereocenters. The largest absolute Gasteiger partial charge is 0.387 e. The fourth-order valence-corrected chi connectivity index (χ4v) is 4.69. The summed E-state index contributed by atoms with van der Waals surface area (Å²) in [4.78, 5) is 14.1. The van der Waals surface area contributed by atoms with Gasteiger partial charge in [-0.25, -0.2) is 15.0 Å². The van der Waals surface area contributed by atoms with Crippen LogP contribution in [0.4, 0.5) is 5.82 Å². The molecule has 0 aromatic carbocycles. The number of nitrogens with zero attached hydrogens (tertiary/aromatic N) is 6. The van der Waals surface area contributed by atoms with Gasteiger partial charge in [-0.3, -0.25) is 4.57 Å². The minimum atomic E-state index is -3.72. The number of rotatable bonds is 5. The Kier molecular flexibility index (Phi) is 5.41. The molecule has 4 atom stereocenters. The quantitative estimate of drug-likeness (QED) is 0.387. The van der Waals surface area contributed by atoms with Gasteiger partial charge in [0.1, 0.15) is 30.2 Å². The van der Waals surface area contributed by atoms with Gasteiger partial charge in [-0.2, -0.15) is 17.4 Å². The van der Waals surface area contributed by atoms with E-state index < -0.39 is 34.7 Å². The van der Waals surface area contributed by atoms with Crippen molar-refractivity contribution in [2.45, 2.75) is 24.5 Å². The summed E-state index contributed by atoms with van der Waals surface area (Å²) in [6.45, 7) is 1.86. The summed E-state index contributed by atoms with van der Waals surface area (Å²) in [5.41, 5.74) is 6.45. The van der Waals surface area contributed by atoms with Crippen molar-refractivity contribution in [2.75, 3.05) is 45.5 Å². The number of nitrogens with one attached hydrogen (secondary N) is 1. The molecule has 2 aliphatic rings. The predicted octanol–water partition coefficient (Wildman–Crippen LogP) is -2.89. The fraction of sp³-hybridized carbons (Fsp3) is 0.667. The molecular formula is C15H24N8O5S. The van der Waals surface area contributed by atoms with Gasteiger partial charge in [-0.05, 0) is 7.05 Å². The van der Waals surface area contributed by atoms with E-state index in [0.29, 0.717) is 37.3 Å². The highest BCUT2D eigenvalue weighted by Gasteiger charge is 2.44. The molecule has 0 spiro atoms. The van der Waals surface area contributed by atoms with Crippen LogP contribution in [0.3, 0.4) is 0 Å². The highest BCUT2D eigenvalue weighted by atomic mass is 32.2. The second kappa shape index (κ2) is 7.71. The monoisotopic (exact) mass is 428 g/mol. The number of ether oxygens (including phenoxy) is 1. The molecule has 2 aromatic rings. The van der Waals surface area contributed by atoms with Crippen molar-refractivity contribution in [1.29, 1.82) is 0 Å². The zero-order valence-electron chi connectivity index (χ0n) is 15.8. The Morgan fingerprint density at radius 2 is 1.93 bits per heavy atom. The highest BCUT2D eigenvalue weighted by molar-refractivity contribution is 7.87. The van der Waals surface area contributed by atoms with Crippen LogP contribution in [0.1, 0.15) is 6.23 Å². The zero-order valence-corrected chi connectivity index (χ0v) is 16.6. The molecule has 2 saturated heterocycles. The number of hydrogen-bond donors (Lipinski definition) is 4. The maximum absolute atomic E-state index is 12.5. The average Bonchev–Trinajstić information content (AvgIpc) is 3.24. The lowest BCUT2D eigenvalue weighted by Gasteiger charge is -2.31. The van der Waals surface area contributed by atoms with Crippen molar-refractivity contribution in [1.82, 2.24) is 33.4 Å². The molecule has 0 radical (unpaired) electrons. The first kappa shape index (κ1) is 20.3. The van der Waals surface area contributed by atoms with E-state index in [4.69, 9.17) is 10.5 Å². The Morgan fingerprint density at radius 1 is 1.21 bits per heavy atom. The van der Waals surface area contributed by atoms with Crippen LogP contribution in [0.5, 0.6) is 0 Å². The van der Waals surface area contributed by atoms with Crippen LogP contribution >= 0.6 is 0 Å². The lowest BCUT2D eigenvalue weighted by atomic mass is 10.1. The summed E-state index contributed by atoms with van der Waals surface area (Å²) in [6, 6.07) is 0. The van der Waals surface area contributed by atoms with E-state index in [2.05, 4.69) is 19.7 Å². The third-order valence-corrected chi connectivity index (χ3v) is 6.84. The number of nitrogens with two attached hydrogens (primary N) is 1. The number of aliphatic hydroxyl groups is 2. The number of fused-ring (bicyclic) bond motifs is 1. The molecule has 29 heavy (non-hydrogen) atoms. The molecule has 14 heteroatoms. The van der Waals surface area contributed by atoms with E-state index in [1.54, 1.807) is 0 Å². The maximum atomic E-state index is 12.5. The highest BCUT2D eigenvalue weighted by Crippen LogP contribution is 2.31. The Bertz CT molecular complexity index is 976. The molecule has 4 heterocycles. The Labute approximate surface area is 167 Å². The number of aromatic nitrogens is 4. The van der Waals surface area contributed by atoms with E-state index in [1.165, 1.54) is 21.5 Å². The van der Waals surface area contributed by atoms with Gasteiger partial charge in [0.2, 0.25) is 0 Å². The number of likely N-dealkylation sites (N-methyl/N-ethyl adjacent to an activating group) is 1. The second-order valence-corrected chi connectivity index (χ2v) is 8.94. The van der Waals surface area contributed by atoms with Crippen molar-refractivity contribution in [2.24, 2.45) is 0 Å². The van der Waals surface area contributed by atoms with Gasteiger partial charge >= 0.3 is 0 Å². The van der Waals surface area contributed by atoms with Crippen molar-refractivity contribution in [3.8, 4) is 0 Å². The summed E-state index contributed by atoms with van der Waals surface area (Å²) in [5, 5.41) is 20.8.